The standard InChI is InChI=1S/C24H28N6O4/c1-15-12-20(27-29(15)2)22(31)25-19-14-17(24(32)30-8-10-33-11-9-30)13-18(19)23-26-21(28-34-23)16-6-4-3-5-7-16/h3-7,12,17-19H,8-11,13-14H2,1-2H3,(H,25,31)/t17-,18-,19+/m1/s1. The first kappa shape index (κ1) is 22.3. The van der Waals surface area contributed by atoms with Gasteiger partial charge in [-0.05, 0) is 25.8 Å². The Morgan fingerprint density at radius 3 is 2.59 bits per heavy atom. The molecule has 34 heavy (non-hydrogen) atoms. The van der Waals surface area contributed by atoms with Gasteiger partial charge in [-0.1, -0.05) is 35.5 Å². The molecule has 1 N–H and O–H groups in total. The third-order valence-corrected chi connectivity index (χ3v) is 6.69. The zero-order valence-corrected chi connectivity index (χ0v) is 19.3. The summed E-state index contributed by atoms with van der Waals surface area (Å²) in [5.41, 5.74) is 2.08. The number of benzene rings is 1. The zero-order chi connectivity index (χ0) is 23.7. The normalized spacial score (nSPS) is 22.6. The average Bonchev–Trinajstić information content (AvgIpc) is 3.59. The summed E-state index contributed by atoms with van der Waals surface area (Å²) in [6, 6.07) is 11.0. The van der Waals surface area contributed by atoms with Gasteiger partial charge < -0.3 is 19.5 Å². The number of aromatic nitrogens is 4. The van der Waals surface area contributed by atoms with Crippen LogP contribution in [0.2, 0.25) is 0 Å². The molecule has 5 rings (SSSR count). The molecular formula is C24H28N6O4. The molecule has 1 aliphatic carbocycles. The number of carbonyl (C=O) groups is 2. The fourth-order valence-corrected chi connectivity index (χ4v) is 4.72. The number of aryl methyl sites for hydroxylation is 2. The van der Waals surface area contributed by atoms with E-state index in [9.17, 15) is 9.59 Å². The van der Waals surface area contributed by atoms with Crippen LogP contribution in [0, 0.1) is 12.8 Å². The van der Waals surface area contributed by atoms with E-state index in [1.54, 1.807) is 17.8 Å². The van der Waals surface area contributed by atoms with E-state index >= 15 is 0 Å². The van der Waals surface area contributed by atoms with Crippen molar-refractivity contribution in [2.45, 2.75) is 31.7 Å². The zero-order valence-electron chi connectivity index (χ0n) is 19.3. The molecular weight excluding hydrogens is 436 g/mol. The minimum Gasteiger partial charge on any atom is -0.378 e. The predicted octanol–water partition coefficient (Wildman–Crippen LogP) is 1.93. The maximum Gasteiger partial charge on any atom is 0.272 e. The molecule has 1 saturated carbocycles. The lowest BCUT2D eigenvalue weighted by atomic mass is 10.0. The van der Waals surface area contributed by atoms with Crippen molar-refractivity contribution in [3.05, 3.63) is 53.7 Å². The Kier molecular flexibility index (Phi) is 6.14. The average molecular weight is 465 g/mol. The number of nitrogens with zero attached hydrogens (tertiary/aromatic N) is 5. The van der Waals surface area contributed by atoms with Crippen molar-refractivity contribution in [1.29, 1.82) is 0 Å². The topological polar surface area (TPSA) is 115 Å². The Hall–Kier alpha value is -3.53. The fraction of sp³-hybridized carbons (Fsp3) is 0.458. The van der Waals surface area contributed by atoms with Gasteiger partial charge in [-0.3, -0.25) is 14.3 Å². The number of ether oxygens (including phenoxy) is 1. The van der Waals surface area contributed by atoms with E-state index in [-0.39, 0.29) is 29.7 Å². The van der Waals surface area contributed by atoms with E-state index < -0.39 is 0 Å². The van der Waals surface area contributed by atoms with Gasteiger partial charge in [0.05, 0.1) is 19.1 Å². The molecule has 2 amide bonds. The molecule has 1 aliphatic heterocycles. The summed E-state index contributed by atoms with van der Waals surface area (Å²) in [5, 5.41) is 11.5. The smallest absolute Gasteiger partial charge is 0.272 e. The SMILES string of the molecule is Cc1cc(C(=O)N[C@H]2C[C@H](C(=O)N3CCOCC3)C[C@H]2c2nc(-c3ccccc3)no2)nn1C. The van der Waals surface area contributed by atoms with Crippen LogP contribution in [0.25, 0.3) is 11.4 Å². The number of carbonyl (C=O) groups excluding carboxylic acids is 2. The van der Waals surface area contributed by atoms with Crippen LogP contribution in [-0.2, 0) is 16.6 Å². The van der Waals surface area contributed by atoms with Crippen molar-refractivity contribution in [3.63, 3.8) is 0 Å². The predicted molar refractivity (Wildman–Crippen MR) is 122 cm³/mol. The van der Waals surface area contributed by atoms with Gasteiger partial charge in [0.25, 0.3) is 5.91 Å². The van der Waals surface area contributed by atoms with Gasteiger partial charge in [0, 0.05) is 43.4 Å². The van der Waals surface area contributed by atoms with Gasteiger partial charge in [0.15, 0.2) is 0 Å². The molecule has 0 radical (unpaired) electrons. The van der Waals surface area contributed by atoms with Crippen molar-refractivity contribution in [1.82, 2.24) is 30.1 Å². The Bertz CT molecular complexity index is 1150. The number of amides is 2. The summed E-state index contributed by atoms with van der Waals surface area (Å²) >= 11 is 0. The number of morpholine rings is 1. The molecule has 10 nitrogen and oxygen atoms in total. The molecule has 1 saturated heterocycles. The minimum atomic E-state index is -0.325. The summed E-state index contributed by atoms with van der Waals surface area (Å²) in [7, 11) is 1.80. The van der Waals surface area contributed by atoms with Crippen LogP contribution >= 0.6 is 0 Å². The fourth-order valence-electron chi connectivity index (χ4n) is 4.72. The van der Waals surface area contributed by atoms with Gasteiger partial charge in [0.2, 0.25) is 17.6 Å². The van der Waals surface area contributed by atoms with Gasteiger partial charge in [-0.2, -0.15) is 10.1 Å². The molecule has 10 heteroatoms. The molecule has 2 aromatic heterocycles. The van der Waals surface area contributed by atoms with Gasteiger partial charge in [0.1, 0.15) is 5.69 Å². The van der Waals surface area contributed by atoms with Crippen LogP contribution < -0.4 is 5.32 Å². The number of nitrogens with one attached hydrogen (secondary N) is 1. The van der Waals surface area contributed by atoms with Gasteiger partial charge in [-0.15, -0.1) is 0 Å². The van der Waals surface area contributed by atoms with E-state index in [2.05, 4.69) is 20.6 Å². The largest absolute Gasteiger partial charge is 0.378 e. The highest BCUT2D eigenvalue weighted by atomic mass is 16.5. The summed E-state index contributed by atoms with van der Waals surface area (Å²) in [4.78, 5) is 32.7. The van der Waals surface area contributed by atoms with E-state index in [0.717, 1.165) is 11.3 Å². The second kappa shape index (κ2) is 9.38. The van der Waals surface area contributed by atoms with Crippen LogP contribution in [0.5, 0.6) is 0 Å². The molecule has 3 heterocycles. The third kappa shape index (κ3) is 4.45. The van der Waals surface area contributed by atoms with E-state index in [0.29, 0.717) is 56.6 Å². The van der Waals surface area contributed by atoms with Crippen LogP contribution in [0.3, 0.4) is 0 Å². The van der Waals surface area contributed by atoms with Crippen molar-refractivity contribution in [2.24, 2.45) is 13.0 Å². The Morgan fingerprint density at radius 1 is 1.12 bits per heavy atom. The molecule has 2 fully saturated rings. The lowest BCUT2D eigenvalue weighted by Gasteiger charge is -2.29. The summed E-state index contributed by atoms with van der Waals surface area (Å²) in [5.74, 6) is 0.213. The second-order valence-electron chi connectivity index (χ2n) is 8.91. The van der Waals surface area contributed by atoms with Crippen LogP contribution in [0.1, 0.15) is 40.8 Å². The van der Waals surface area contributed by atoms with E-state index in [1.165, 1.54) is 0 Å². The number of hydrogen-bond donors (Lipinski definition) is 1. The lowest BCUT2D eigenvalue weighted by Crippen LogP contribution is -2.43. The Labute approximate surface area is 197 Å². The first-order valence-corrected chi connectivity index (χ1v) is 11.6. The van der Waals surface area contributed by atoms with Crippen molar-refractivity contribution < 1.29 is 18.8 Å². The van der Waals surface area contributed by atoms with E-state index in [1.807, 2.05) is 42.2 Å². The van der Waals surface area contributed by atoms with Crippen LogP contribution in [0.4, 0.5) is 0 Å². The highest BCUT2D eigenvalue weighted by Crippen LogP contribution is 2.39. The number of hydrogen-bond acceptors (Lipinski definition) is 7. The molecule has 1 aromatic carbocycles. The van der Waals surface area contributed by atoms with Gasteiger partial charge >= 0.3 is 0 Å². The van der Waals surface area contributed by atoms with Crippen molar-refractivity contribution in [2.75, 3.05) is 26.3 Å². The molecule has 178 valence electrons. The molecule has 3 atom stereocenters. The quantitative estimate of drug-likeness (QED) is 0.613. The maximum absolute atomic E-state index is 13.2. The highest BCUT2D eigenvalue weighted by molar-refractivity contribution is 5.92. The summed E-state index contributed by atoms with van der Waals surface area (Å²) in [6.07, 6.45) is 1.03. The summed E-state index contributed by atoms with van der Waals surface area (Å²) < 4.78 is 12.7. The molecule has 0 bridgehead atoms. The van der Waals surface area contributed by atoms with Crippen molar-refractivity contribution in [3.8, 4) is 11.4 Å². The second-order valence-corrected chi connectivity index (χ2v) is 8.91. The molecule has 2 aliphatic rings. The molecule has 0 unspecified atom stereocenters. The summed E-state index contributed by atoms with van der Waals surface area (Å²) in [6.45, 7) is 4.16. The molecule has 0 spiro atoms. The highest BCUT2D eigenvalue weighted by Gasteiger charge is 2.44. The van der Waals surface area contributed by atoms with Crippen molar-refractivity contribution >= 4 is 11.8 Å². The third-order valence-electron chi connectivity index (χ3n) is 6.69. The van der Waals surface area contributed by atoms with Crippen LogP contribution in [-0.4, -0.2) is 69.0 Å². The first-order chi connectivity index (χ1) is 16.5. The van der Waals surface area contributed by atoms with Gasteiger partial charge in [-0.25, -0.2) is 0 Å². The maximum atomic E-state index is 13.2. The monoisotopic (exact) mass is 464 g/mol. The van der Waals surface area contributed by atoms with E-state index in [4.69, 9.17) is 9.26 Å². The first-order valence-electron chi connectivity index (χ1n) is 11.6. The Morgan fingerprint density at radius 2 is 1.88 bits per heavy atom. The lowest BCUT2D eigenvalue weighted by molar-refractivity contribution is -0.139. The molecule has 3 aromatic rings. The Balaban J connectivity index is 1.38. The van der Waals surface area contributed by atoms with Crippen LogP contribution in [0.15, 0.2) is 40.9 Å². The number of rotatable bonds is 5. The minimum absolute atomic E-state index is 0.0847.